The molecule has 0 aliphatic carbocycles. The molecule has 0 bridgehead atoms. The molecule has 0 aromatic rings. The summed E-state index contributed by atoms with van der Waals surface area (Å²) in [6.45, 7) is 0.854. The standard InChI is InChI=1S/C6H10ClF2N/c7-5-10-3-1-6(8,9)2-4-10/h1-5H2. The highest BCUT2D eigenvalue weighted by molar-refractivity contribution is 6.17. The van der Waals surface area contributed by atoms with Crippen LogP contribution in [0, 0.1) is 0 Å². The Morgan fingerprint density at radius 2 is 1.80 bits per heavy atom. The van der Waals surface area contributed by atoms with E-state index in [1.807, 2.05) is 4.90 Å². The average molecular weight is 170 g/mol. The van der Waals surface area contributed by atoms with Crippen molar-refractivity contribution < 1.29 is 8.78 Å². The second-order valence-electron chi connectivity index (χ2n) is 2.59. The van der Waals surface area contributed by atoms with Crippen LogP contribution in [-0.2, 0) is 0 Å². The number of halogens is 3. The van der Waals surface area contributed by atoms with Crippen molar-refractivity contribution >= 4 is 11.6 Å². The molecule has 1 fully saturated rings. The third-order valence-corrected chi connectivity index (χ3v) is 2.09. The average Bonchev–Trinajstić information content (AvgIpc) is 1.88. The molecular weight excluding hydrogens is 160 g/mol. The van der Waals surface area contributed by atoms with Gasteiger partial charge in [-0.15, -0.1) is 11.6 Å². The van der Waals surface area contributed by atoms with Crippen LogP contribution in [0.5, 0.6) is 0 Å². The Balaban J connectivity index is 2.31. The maximum Gasteiger partial charge on any atom is 0.250 e. The Bertz CT molecular complexity index is 108. The van der Waals surface area contributed by atoms with Crippen molar-refractivity contribution in [2.75, 3.05) is 19.1 Å². The summed E-state index contributed by atoms with van der Waals surface area (Å²) < 4.78 is 24.9. The van der Waals surface area contributed by atoms with Gasteiger partial charge in [0, 0.05) is 25.9 Å². The van der Waals surface area contributed by atoms with Gasteiger partial charge in [0.25, 0.3) is 5.92 Å². The van der Waals surface area contributed by atoms with E-state index in [4.69, 9.17) is 11.6 Å². The van der Waals surface area contributed by atoms with Gasteiger partial charge in [0.05, 0.1) is 6.00 Å². The molecule has 0 aromatic carbocycles. The van der Waals surface area contributed by atoms with Crippen molar-refractivity contribution in [3.63, 3.8) is 0 Å². The molecule has 1 nitrogen and oxygen atoms in total. The largest absolute Gasteiger partial charge is 0.290 e. The van der Waals surface area contributed by atoms with Crippen molar-refractivity contribution in [1.29, 1.82) is 0 Å². The fourth-order valence-electron chi connectivity index (χ4n) is 1.000. The van der Waals surface area contributed by atoms with E-state index >= 15 is 0 Å². The number of hydrogen-bond donors (Lipinski definition) is 0. The van der Waals surface area contributed by atoms with Gasteiger partial charge in [0.2, 0.25) is 0 Å². The van der Waals surface area contributed by atoms with Crippen molar-refractivity contribution in [3.05, 3.63) is 0 Å². The summed E-state index contributed by atoms with van der Waals surface area (Å²) in [5, 5.41) is 0. The van der Waals surface area contributed by atoms with Gasteiger partial charge in [-0.05, 0) is 0 Å². The predicted molar refractivity (Wildman–Crippen MR) is 36.5 cm³/mol. The highest BCUT2D eigenvalue weighted by Crippen LogP contribution is 2.27. The van der Waals surface area contributed by atoms with Gasteiger partial charge in [-0.3, -0.25) is 4.90 Å². The summed E-state index contributed by atoms with van der Waals surface area (Å²) >= 11 is 5.45. The number of piperidine rings is 1. The minimum absolute atomic E-state index is 0.0419. The van der Waals surface area contributed by atoms with Gasteiger partial charge >= 0.3 is 0 Å². The van der Waals surface area contributed by atoms with Crippen LogP contribution in [-0.4, -0.2) is 29.9 Å². The normalized spacial score (nSPS) is 26.7. The van der Waals surface area contributed by atoms with Crippen LogP contribution in [0.25, 0.3) is 0 Å². The van der Waals surface area contributed by atoms with Gasteiger partial charge in [0.1, 0.15) is 0 Å². The van der Waals surface area contributed by atoms with Crippen LogP contribution >= 0.6 is 11.6 Å². The second-order valence-corrected chi connectivity index (χ2v) is 2.83. The first-order valence-corrected chi connectivity index (χ1v) is 3.84. The van der Waals surface area contributed by atoms with E-state index in [0.29, 0.717) is 19.1 Å². The number of likely N-dealkylation sites (tertiary alicyclic amines) is 1. The van der Waals surface area contributed by atoms with E-state index in [0.717, 1.165) is 0 Å². The molecule has 1 heterocycles. The molecule has 0 N–H and O–H groups in total. The Hall–Kier alpha value is 0.110. The van der Waals surface area contributed by atoms with Crippen LogP contribution in [0.1, 0.15) is 12.8 Å². The molecule has 1 rings (SSSR count). The molecule has 0 aromatic heterocycles. The Labute approximate surface area is 64.0 Å². The SMILES string of the molecule is FC1(F)CCN(CCl)CC1. The molecule has 4 heteroatoms. The summed E-state index contributed by atoms with van der Waals surface area (Å²) in [5.74, 6) is -2.44. The van der Waals surface area contributed by atoms with Gasteiger partial charge in [-0.25, -0.2) is 8.78 Å². The topological polar surface area (TPSA) is 3.24 Å². The van der Waals surface area contributed by atoms with Crippen LogP contribution in [0.4, 0.5) is 8.78 Å². The molecule has 1 aliphatic rings. The van der Waals surface area contributed by atoms with Crippen molar-refractivity contribution in [2.45, 2.75) is 18.8 Å². The molecule has 1 saturated heterocycles. The Morgan fingerprint density at radius 3 is 2.20 bits per heavy atom. The quantitative estimate of drug-likeness (QED) is 0.428. The first kappa shape index (κ1) is 8.21. The maximum atomic E-state index is 12.4. The first-order valence-electron chi connectivity index (χ1n) is 3.30. The molecule has 1 aliphatic heterocycles. The zero-order chi connectivity index (χ0) is 7.61. The molecule has 0 amide bonds. The zero-order valence-corrected chi connectivity index (χ0v) is 6.37. The second kappa shape index (κ2) is 3.01. The molecule has 0 saturated carbocycles. The Morgan fingerprint density at radius 1 is 1.30 bits per heavy atom. The smallest absolute Gasteiger partial charge is 0.250 e. The summed E-state index contributed by atoms with van der Waals surface area (Å²) in [5.41, 5.74) is 0. The van der Waals surface area contributed by atoms with Gasteiger partial charge in [-0.2, -0.15) is 0 Å². The maximum absolute atomic E-state index is 12.4. The fraction of sp³-hybridized carbons (Fsp3) is 1.00. The number of alkyl halides is 3. The van der Waals surface area contributed by atoms with Crippen LogP contribution in [0.15, 0.2) is 0 Å². The number of nitrogens with zero attached hydrogens (tertiary/aromatic N) is 1. The molecule has 0 radical (unpaired) electrons. The number of hydrogen-bond acceptors (Lipinski definition) is 1. The van der Waals surface area contributed by atoms with E-state index in [9.17, 15) is 8.78 Å². The molecule has 10 heavy (non-hydrogen) atoms. The zero-order valence-electron chi connectivity index (χ0n) is 5.62. The molecule has 0 unspecified atom stereocenters. The van der Waals surface area contributed by atoms with E-state index in [-0.39, 0.29) is 12.8 Å². The van der Waals surface area contributed by atoms with Gasteiger partial charge < -0.3 is 0 Å². The third kappa shape index (κ3) is 2.06. The van der Waals surface area contributed by atoms with E-state index in [2.05, 4.69) is 0 Å². The molecule has 0 atom stereocenters. The van der Waals surface area contributed by atoms with Crippen LogP contribution < -0.4 is 0 Å². The molecule has 60 valence electrons. The van der Waals surface area contributed by atoms with Gasteiger partial charge in [-0.1, -0.05) is 0 Å². The fourth-order valence-corrected chi connectivity index (χ4v) is 1.24. The summed E-state index contributed by atoms with van der Waals surface area (Å²) in [6.07, 6.45) is -0.0839. The van der Waals surface area contributed by atoms with E-state index < -0.39 is 5.92 Å². The lowest BCUT2D eigenvalue weighted by atomic mass is 10.1. The first-order chi connectivity index (χ1) is 4.64. The van der Waals surface area contributed by atoms with E-state index in [1.165, 1.54) is 0 Å². The summed E-state index contributed by atoms with van der Waals surface area (Å²) in [7, 11) is 0. The molecule has 0 spiro atoms. The minimum Gasteiger partial charge on any atom is -0.290 e. The van der Waals surface area contributed by atoms with Gasteiger partial charge in [0.15, 0.2) is 0 Å². The predicted octanol–water partition coefficient (Wildman–Crippen LogP) is 1.91. The Kier molecular flexibility index (Phi) is 2.47. The number of rotatable bonds is 1. The van der Waals surface area contributed by atoms with Crippen LogP contribution in [0.2, 0.25) is 0 Å². The monoisotopic (exact) mass is 169 g/mol. The summed E-state index contributed by atoms with van der Waals surface area (Å²) in [6, 6.07) is 0.371. The highest BCUT2D eigenvalue weighted by Gasteiger charge is 2.33. The van der Waals surface area contributed by atoms with Crippen molar-refractivity contribution in [3.8, 4) is 0 Å². The lowest BCUT2D eigenvalue weighted by Crippen LogP contribution is -2.38. The van der Waals surface area contributed by atoms with E-state index in [1.54, 1.807) is 0 Å². The summed E-state index contributed by atoms with van der Waals surface area (Å²) in [4.78, 5) is 1.82. The van der Waals surface area contributed by atoms with Crippen LogP contribution in [0.3, 0.4) is 0 Å². The highest BCUT2D eigenvalue weighted by atomic mass is 35.5. The lowest BCUT2D eigenvalue weighted by Gasteiger charge is -2.29. The molecular formula is C6H10ClF2N. The van der Waals surface area contributed by atoms with Crippen molar-refractivity contribution in [2.24, 2.45) is 0 Å². The lowest BCUT2D eigenvalue weighted by molar-refractivity contribution is -0.0518. The minimum atomic E-state index is -2.44. The van der Waals surface area contributed by atoms with Crippen molar-refractivity contribution in [1.82, 2.24) is 4.90 Å². The third-order valence-electron chi connectivity index (χ3n) is 1.76.